The van der Waals surface area contributed by atoms with Crippen LogP contribution >= 0.6 is 0 Å². The van der Waals surface area contributed by atoms with Gasteiger partial charge in [0.2, 0.25) is 0 Å². The van der Waals surface area contributed by atoms with Gasteiger partial charge in [0, 0.05) is 18.9 Å². The molecule has 0 aliphatic rings. The van der Waals surface area contributed by atoms with Gasteiger partial charge in [-0.2, -0.15) is 0 Å². The molecule has 13 heavy (non-hydrogen) atoms. The van der Waals surface area contributed by atoms with E-state index >= 15 is 0 Å². The standard InChI is InChI=1S/C9H13NO3/c1-13-9(12)6-8(11)7-10-4-2-3-5-10/h2-5,8,11H,6-7H2,1H3/t8-/m1/s1. The molecule has 1 heterocycles. The number of rotatable bonds is 4. The lowest BCUT2D eigenvalue weighted by molar-refractivity contribution is -0.142. The van der Waals surface area contributed by atoms with Gasteiger partial charge in [0.15, 0.2) is 0 Å². The SMILES string of the molecule is COC(=O)C[C@@H](O)Cn1cccc1. The average molecular weight is 183 g/mol. The summed E-state index contributed by atoms with van der Waals surface area (Å²) in [7, 11) is 1.31. The van der Waals surface area contributed by atoms with E-state index in [0.29, 0.717) is 6.54 Å². The number of methoxy groups -OCH3 is 1. The molecule has 1 rings (SSSR count). The van der Waals surface area contributed by atoms with Crippen molar-refractivity contribution in [3.63, 3.8) is 0 Å². The summed E-state index contributed by atoms with van der Waals surface area (Å²) in [5, 5.41) is 9.40. The van der Waals surface area contributed by atoms with Crippen molar-refractivity contribution in [1.29, 1.82) is 0 Å². The average Bonchev–Trinajstić information content (AvgIpc) is 2.56. The Bertz CT molecular complexity index is 256. The van der Waals surface area contributed by atoms with Gasteiger partial charge in [0.1, 0.15) is 0 Å². The van der Waals surface area contributed by atoms with Crippen LogP contribution < -0.4 is 0 Å². The zero-order chi connectivity index (χ0) is 9.68. The Labute approximate surface area is 76.7 Å². The molecule has 0 aromatic carbocycles. The Morgan fingerprint density at radius 2 is 2.15 bits per heavy atom. The molecule has 0 bridgehead atoms. The first-order valence-corrected chi connectivity index (χ1v) is 4.08. The van der Waals surface area contributed by atoms with Gasteiger partial charge in [-0.3, -0.25) is 4.79 Å². The van der Waals surface area contributed by atoms with Crippen molar-refractivity contribution in [2.45, 2.75) is 19.1 Å². The van der Waals surface area contributed by atoms with Crippen LogP contribution in [0.15, 0.2) is 24.5 Å². The fourth-order valence-electron chi connectivity index (χ4n) is 1.08. The summed E-state index contributed by atoms with van der Waals surface area (Å²) >= 11 is 0. The highest BCUT2D eigenvalue weighted by molar-refractivity contribution is 5.69. The molecule has 0 aliphatic heterocycles. The third-order valence-corrected chi connectivity index (χ3v) is 1.72. The van der Waals surface area contributed by atoms with Crippen molar-refractivity contribution >= 4 is 5.97 Å². The molecule has 0 unspecified atom stereocenters. The van der Waals surface area contributed by atoms with Crippen molar-refractivity contribution in [3.05, 3.63) is 24.5 Å². The van der Waals surface area contributed by atoms with Gasteiger partial charge < -0.3 is 14.4 Å². The molecule has 0 saturated heterocycles. The van der Waals surface area contributed by atoms with Gasteiger partial charge in [-0.05, 0) is 12.1 Å². The molecule has 0 aliphatic carbocycles. The van der Waals surface area contributed by atoms with E-state index in [9.17, 15) is 9.90 Å². The van der Waals surface area contributed by atoms with Crippen LogP contribution in [-0.4, -0.2) is 28.9 Å². The van der Waals surface area contributed by atoms with Crippen LogP contribution in [-0.2, 0) is 16.1 Å². The number of carbonyl (C=O) groups is 1. The number of hydrogen-bond donors (Lipinski definition) is 1. The highest BCUT2D eigenvalue weighted by atomic mass is 16.5. The Balaban J connectivity index is 2.33. The minimum atomic E-state index is -0.681. The molecule has 0 fully saturated rings. The molecule has 1 N–H and O–H groups in total. The molecule has 0 spiro atoms. The first-order chi connectivity index (χ1) is 6.22. The molecular formula is C9H13NO3. The topological polar surface area (TPSA) is 51.5 Å². The maximum Gasteiger partial charge on any atom is 0.308 e. The molecule has 0 radical (unpaired) electrons. The lowest BCUT2D eigenvalue weighted by Gasteiger charge is -2.09. The normalized spacial score (nSPS) is 12.5. The van der Waals surface area contributed by atoms with E-state index < -0.39 is 6.10 Å². The third-order valence-electron chi connectivity index (χ3n) is 1.72. The van der Waals surface area contributed by atoms with Crippen LogP contribution in [0.3, 0.4) is 0 Å². The van der Waals surface area contributed by atoms with E-state index in [1.54, 1.807) is 0 Å². The molecular weight excluding hydrogens is 170 g/mol. The molecule has 72 valence electrons. The quantitative estimate of drug-likeness (QED) is 0.688. The summed E-state index contributed by atoms with van der Waals surface area (Å²) in [5.74, 6) is -0.389. The zero-order valence-electron chi connectivity index (χ0n) is 7.51. The van der Waals surface area contributed by atoms with Crippen LogP contribution in [0.4, 0.5) is 0 Å². The summed E-state index contributed by atoms with van der Waals surface area (Å²) in [6, 6.07) is 3.73. The van der Waals surface area contributed by atoms with Crippen molar-refractivity contribution in [2.75, 3.05) is 7.11 Å². The summed E-state index contributed by atoms with van der Waals surface area (Å²) in [6.07, 6.45) is 3.02. The number of ether oxygens (including phenoxy) is 1. The van der Waals surface area contributed by atoms with Crippen molar-refractivity contribution in [2.24, 2.45) is 0 Å². The molecule has 0 saturated carbocycles. The second-order valence-electron chi connectivity index (χ2n) is 2.81. The first kappa shape index (κ1) is 9.80. The van der Waals surface area contributed by atoms with Crippen LogP contribution in [0, 0.1) is 0 Å². The van der Waals surface area contributed by atoms with Gasteiger partial charge in [0.05, 0.1) is 19.6 Å². The van der Waals surface area contributed by atoms with Gasteiger partial charge in [0.25, 0.3) is 0 Å². The molecule has 0 amide bonds. The van der Waals surface area contributed by atoms with E-state index in [0.717, 1.165) is 0 Å². The van der Waals surface area contributed by atoms with Gasteiger partial charge in [-0.15, -0.1) is 0 Å². The zero-order valence-corrected chi connectivity index (χ0v) is 7.51. The van der Waals surface area contributed by atoms with Crippen LogP contribution in [0.1, 0.15) is 6.42 Å². The number of esters is 1. The van der Waals surface area contributed by atoms with E-state index in [1.807, 2.05) is 29.1 Å². The van der Waals surface area contributed by atoms with E-state index in [1.165, 1.54) is 7.11 Å². The summed E-state index contributed by atoms with van der Waals surface area (Å²) in [4.78, 5) is 10.8. The van der Waals surface area contributed by atoms with Crippen molar-refractivity contribution < 1.29 is 14.6 Å². The number of hydrogen-bond acceptors (Lipinski definition) is 3. The van der Waals surface area contributed by atoms with Crippen molar-refractivity contribution in [3.8, 4) is 0 Å². The van der Waals surface area contributed by atoms with E-state index in [-0.39, 0.29) is 12.4 Å². The molecule has 4 nitrogen and oxygen atoms in total. The number of nitrogens with zero attached hydrogens (tertiary/aromatic N) is 1. The molecule has 4 heteroatoms. The third kappa shape index (κ3) is 3.29. The van der Waals surface area contributed by atoms with Crippen LogP contribution in [0.5, 0.6) is 0 Å². The Morgan fingerprint density at radius 3 is 2.69 bits per heavy atom. The monoisotopic (exact) mass is 183 g/mol. The second kappa shape index (κ2) is 4.67. The first-order valence-electron chi connectivity index (χ1n) is 4.08. The predicted octanol–water partition coefficient (Wildman–Crippen LogP) is 0.412. The smallest absolute Gasteiger partial charge is 0.308 e. The lowest BCUT2D eigenvalue weighted by Crippen LogP contribution is -2.19. The van der Waals surface area contributed by atoms with Crippen LogP contribution in [0.25, 0.3) is 0 Å². The van der Waals surface area contributed by atoms with Gasteiger partial charge in [-0.1, -0.05) is 0 Å². The summed E-state index contributed by atoms with van der Waals surface area (Å²) in [6.45, 7) is 0.419. The highest BCUT2D eigenvalue weighted by Gasteiger charge is 2.10. The molecule has 1 atom stereocenters. The van der Waals surface area contributed by atoms with E-state index in [2.05, 4.69) is 4.74 Å². The number of carbonyl (C=O) groups excluding carboxylic acids is 1. The van der Waals surface area contributed by atoms with Crippen LogP contribution in [0.2, 0.25) is 0 Å². The molecule has 1 aromatic rings. The Hall–Kier alpha value is -1.29. The highest BCUT2D eigenvalue weighted by Crippen LogP contribution is 1.99. The number of aliphatic hydroxyl groups excluding tert-OH is 1. The Morgan fingerprint density at radius 1 is 1.54 bits per heavy atom. The fourth-order valence-corrected chi connectivity index (χ4v) is 1.08. The van der Waals surface area contributed by atoms with Gasteiger partial charge >= 0.3 is 5.97 Å². The summed E-state index contributed by atoms with van der Waals surface area (Å²) < 4.78 is 6.24. The Kier molecular flexibility index (Phi) is 3.52. The minimum Gasteiger partial charge on any atom is -0.469 e. The number of aromatic nitrogens is 1. The maximum atomic E-state index is 10.8. The fraction of sp³-hybridized carbons (Fsp3) is 0.444. The van der Waals surface area contributed by atoms with E-state index in [4.69, 9.17) is 0 Å². The largest absolute Gasteiger partial charge is 0.469 e. The maximum absolute atomic E-state index is 10.8. The lowest BCUT2D eigenvalue weighted by atomic mass is 10.2. The number of aliphatic hydroxyl groups is 1. The minimum absolute atomic E-state index is 0.0364. The predicted molar refractivity (Wildman–Crippen MR) is 47.1 cm³/mol. The van der Waals surface area contributed by atoms with Crippen molar-refractivity contribution in [1.82, 2.24) is 4.57 Å². The molecule has 1 aromatic heterocycles. The van der Waals surface area contributed by atoms with Gasteiger partial charge in [-0.25, -0.2) is 0 Å². The summed E-state index contributed by atoms with van der Waals surface area (Å²) in [5.41, 5.74) is 0. The second-order valence-corrected chi connectivity index (χ2v) is 2.81.